The van der Waals surface area contributed by atoms with Crippen LogP contribution in [0.1, 0.15) is 10.4 Å². The van der Waals surface area contributed by atoms with Gasteiger partial charge in [-0.2, -0.15) is 0 Å². The van der Waals surface area contributed by atoms with Crippen molar-refractivity contribution in [3.63, 3.8) is 0 Å². The molecule has 0 unspecified atom stereocenters. The molecule has 0 fully saturated rings. The van der Waals surface area contributed by atoms with E-state index < -0.39 is 12.6 Å². The van der Waals surface area contributed by atoms with Crippen LogP contribution in [0.3, 0.4) is 0 Å². The molecular weight excluding hydrogens is 346 g/mol. The number of anilines is 1. The summed E-state index contributed by atoms with van der Waals surface area (Å²) in [5, 5.41) is 13.5. The van der Waals surface area contributed by atoms with Crippen LogP contribution in [0.4, 0.5) is 5.69 Å². The number of carbonyl (C=O) groups excluding carboxylic acids is 1. The maximum Gasteiger partial charge on any atom is 0.341 e. The summed E-state index contributed by atoms with van der Waals surface area (Å²) in [6.07, 6.45) is 0. The number of nitrogens with one attached hydrogen (secondary N) is 1. The topological polar surface area (TPSA) is 88.8 Å². The highest BCUT2D eigenvalue weighted by atomic mass is 16.5. The van der Waals surface area contributed by atoms with Gasteiger partial charge in [-0.15, -0.1) is 0 Å². The van der Waals surface area contributed by atoms with Crippen molar-refractivity contribution in [3.8, 4) is 5.75 Å². The molecule has 27 heavy (non-hydrogen) atoms. The van der Waals surface area contributed by atoms with Gasteiger partial charge >= 0.3 is 5.97 Å². The van der Waals surface area contributed by atoms with Crippen LogP contribution in [0.2, 0.25) is 0 Å². The Morgan fingerprint density at radius 2 is 1.67 bits per heavy atom. The molecule has 0 aliphatic heterocycles. The molecule has 1 amide bonds. The highest BCUT2D eigenvalue weighted by Gasteiger charge is 2.10. The Morgan fingerprint density at radius 3 is 2.44 bits per heavy atom. The lowest BCUT2D eigenvalue weighted by Gasteiger charge is -2.07. The number of carbonyl (C=O) groups is 2. The number of ether oxygens (including phenoxy) is 1. The molecule has 1 heterocycles. The highest BCUT2D eigenvalue weighted by Crippen LogP contribution is 2.30. The van der Waals surface area contributed by atoms with Gasteiger partial charge in [0.25, 0.3) is 5.91 Å². The molecule has 4 rings (SSSR count). The third kappa shape index (κ3) is 3.46. The third-order valence-corrected chi connectivity index (χ3v) is 4.12. The first-order valence-corrected chi connectivity index (χ1v) is 8.27. The lowest BCUT2D eigenvalue weighted by molar-refractivity contribution is -0.139. The van der Waals surface area contributed by atoms with E-state index in [-0.39, 0.29) is 5.91 Å². The second-order valence-corrected chi connectivity index (χ2v) is 5.97. The zero-order chi connectivity index (χ0) is 18.8. The van der Waals surface area contributed by atoms with Crippen LogP contribution < -0.4 is 10.1 Å². The maximum absolute atomic E-state index is 12.4. The Hall–Kier alpha value is -3.80. The lowest BCUT2D eigenvalue weighted by atomic mass is 10.1. The second-order valence-electron chi connectivity index (χ2n) is 5.97. The normalized spacial score (nSPS) is 10.8. The van der Waals surface area contributed by atoms with Crippen LogP contribution in [0.5, 0.6) is 5.75 Å². The number of amides is 1. The lowest BCUT2D eigenvalue weighted by Crippen LogP contribution is -2.12. The van der Waals surface area contributed by atoms with Crippen LogP contribution >= 0.6 is 0 Å². The Morgan fingerprint density at radius 1 is 0.926 bits per heavy atom. The molecule has 6 nitrogen and oxygen atoms in total. The molecule has 0 bridgehead atoms. The number of carboxylic acid groups (broad SMARTS) is 1. The third-order valence-electron chi connectivity index (χ3n) is 4.12. The molecule has 134 valence electrons. The van der Waals surface area contributed by atoms with Crippen molar-refractivity contribution < 1.29 is 23.8 Å². The highest BCUT2D eigenvalue weighted by molar-refractivity contribution is 6.08. The summed E-state index contributed by atoms with van der Waals surface area (Å²) in [6, 6.07) is 19.6. The molecule has 4 aromatic rings. The van der Waals surface area contributed by atoms with Crippen molar-refractivity contribution >= 4 is 39.5 Å². The number of carboxylic acids is 1. The summed E-state index contributed by atoms with van der Waals surface area (Å²) in [6.45, 7) is -0.428. The van der Waals surface area contributed by atoms with E-state index in [1.54, 1.807) is 30.3 Å². The van der Waals surface area contributed by atoms with Gasteiger partial charge in [0.2, 0.25) is 0 Å². The average Bonchev–Trinajstić information content (AvgIpc) is 3.04. The summed E-state index contributed by atoms with van der Waals surface area (Å²) in [5.41, 5.74) is 2.56. The van der Waals surface area contributed by atoms with Gasteiger partial charge in [0.05, 0.1) is 0 Å². The van der Waals surface area contributed by atoms with Crippen LogP contribution in [0, 0.1) is 0 Å². The van der Waals surface area contributed by atoms with Crippen LogP contribution in [0.15, 0.2) is 71.1 Å². The number of rotatable bonds is 5. The van der Waals surface area contributed by atoms with E-state index in [1.807, 2.05) is 36.4 Å². The first-order chi connectivity index (χ1) is 13.1. The maximum atomic E-state index is 12.4. The molecule has 6 heteroatoms. The Kier molecular flexibility index (Phi) is 4.22. The summed E-state index contributed by atoms with van der Waals surface area (Å²) in [4.78, 5) is 22.9. The minimum atomic E-state index is -1.06. The van der Waals surface area contributed by atoms with Crippen molar-refractivity contribution in [3.05, 3.63) is 72.3 Å². The quantitative estimate of drug-likeness (QED) is 0.553. The van der Waals surface area contributed by atoms with Gasteiger partial charge in [0.15, 0.2) is 6.61 Å². The molecule has 0 radical (unpaired) electrons. The first-order valence-electron chi connectivity index (χ1n) is 8.27. The Balaban J connectivity index is 1.52. The number of hydrogen-bond donors (Lipinski definition) is 2. The number of aliphatic carboxylic acids is 1. The van der Waals surface area contributed by atoms with Crippen molar-refractivity contribution in [2.75, 3.05) is 11.9 Å². The molecule has 1 aromatic heterocycles. The SMILES string of the molecule is O=C(O)COc1ccc(C(=O)Nc2ccc3c(c2)oc2ccccc23)cc1. The van der Waals surface area contributed by atoms with Gasteiger partial charge < -0.3 is 19.6 Å². The standard InChI is InChI=1S/C21H15NO5/c23-20(24)12-26-15-8-5-13(6-9-15)21(25)22-14-7-10-17-16-3-1-2-4-18(16)27-19(17)11-14/h1-11H,12H2,(H,22,25)(H,23,24). The van der Waals surface area contributed by atoms with E-state index >= 15 is 0 Å². The molecule has 0 saturated heterocycles. The van der Waals surface area contributed by atoms with Crippen molar-refractivity contribution in [1.29, 1.82) is 0 Å². The molecule has 0 spiro atoms. The van der Waals surface area contributed by atoms with Crippen LogP contribution in [-0.2, 0) is 4.79 Å². The van der Waals surface area contributed by atoms with E-state index in [4.69, 9.17) is 14.3 Å². The van der Waals surface area contributed by atoms with Gasteiger partial charge in [0.1, 0.15) is 16.9 Å². The zero-order valence-electron chi connectivity index (χ0n) is 14.1. The molecule has 0 saturated carbocycles. The molecule has 0 aliphatic rings. The summed E-state index contributed by atoms with van der Waals surface area (Å²) in [7, 11) is 0. The molecule has 0 aliphatic carbocycles. The van der Waals surface area contributed by atoms with Gasteiger partial charge in [-0.25, -0.2) is 4.79 Å². The number of hydrogen-bond acceptors (Lipinski definition) is 4. The average molecular weight is 361 g/mol. The fourth-order valence-electron chi connectivity index (χ4n) is 2.85. The van der Waals surface area contributed by atoms with Crippen molar-refractivity contribution in [2.24, 2.45) is 0 Å². The van der Waals surface area contributed by atoms with Crippen molar-refractivity contribution in [2.45, 2.75) is 0 Å². The van der Waals surface area contributed by atoms with E-state index in [0.29, 0.717) is 22.6 Å². The van der Waals surface area contributed by atoms with Crippen LogP contribution in [0.25, 0.3) is 21.9 Å². The largest absolute Gasteiger partial charge is 0.482 e. The van der Waals surface area contributed by atoms with Gasteiger partial charge in [-0.3, -0.25) is 4.79 Å². The predicted molar refractivity (Wildman–Crippen MR) is 101 cm³/mol. The Bertz CT molecular complexity index is 1140. The van der Waals surface area contributed by atoms with Gasteiger partial charge in [-0.1, -0.05) is 18.2 Å². The van der Waals surface area contributed by atoms with Crippen LogP contribution in [-0.4, -0.2) is 23.6 Å². The number of para-hydroxylation sites is 1. The molecule has 0 atom stereocenters. The predicted octanol–water partition coefficient (Wildman–Crippen LogP) is 4.30. The Labute approximate surface area is 154 Å². The van der Waals surface area contributed by atoms with E-state index in [2.05, 4.69) is 5.32 Å². The zero-order valence-corrected chi connectivity index (χ0v) is 14.1. The second kappa shape index (κ2) is 6.84. The van der Waals surface area contributed by atoms with Crippen molar-refractivity contribution in [1.82, 2.24) is 0 Å². The van der Waals surface area contributed by atoms with Gasteiger partial charge in [-0.05, 0) is 42.5 Å². The summed E-state index contributed by atoms with van der Waals surface area (Å²) < 4.78 is 10.9. The minimum absolute atomic E-state index is 0.282. The minimum Gasteiger partial charge on any atom is -0.482 e. The number of benzene rings is 3. The monoisotopic (exact) mass is 361 g/mol. The number of fused-ring (bicyclic) bond motifs is 3. The molecule has 2 N–H and O–H groups in total. The summed E-state index contributed by atoms with van der Waals surface area (Å²) in [5.74, 6) is -0.953. The number of furan rings is 1. The molecule has 3 aromatic carbocycles. The fraction of sp³-hybridized carbons (Fsp3) is 0.0476. The van der Waals surface area contributed by atoms with E-state index in [0.717, 1.165) is 16.4 Å². The smallest absolute Gasteiger partial charge is 0.341 e. The fourth-order valence-corrected chi connectivity index (χ4v) is 2.85. The van der Waals surface area contributed by atoms with Gasteiger partial charge in [0, 0.05) is 28.1 Å². The summed E-state index contributed by atoms with van der Waals surface area (Å²) >= 11 is 0. The first kappa shape index (κ1) is 16.7. The molecular formula is C21H15NO5. The van der Waals surface area contributed by atoms with E-state index in [9.17, 15) is 9.59 Å². The van der Waals surface area contributed by atoms with E-state index in [1.165, 1.54) is 0 Å².